The van der Waals surface area contributed by atoms with Crippen LogP contribution in [0.4, 0.5) is 0 Å². The first kappa shape index (κ1) is 11.9. The van der Waals surface area contributed by atoms with Gasteiger partial charge in [-0.1, -0.05) is 13.3 Å². The van der Waals surface area contributed by atoms with Crippen molar-refractivity contribution in [1.29, 1.82) is 0 Å². The second-order valence-electron chi connectivity index (χ2n) is 5.51. The first-order valence-electron chi connectivity index (χ1n) is 6.57. The molecule has 0 spiro atoms. The van der Waals surface area contributed by atoms with Crippen LogP contribution in [-0.4, -0.2) is 35.1 Å². The van der Waals surface area contributed by atoms with Gasteiger partial charge in [0.1, 0.15) is 0 Å². The van der Waals surface area contributed by atoms with E-state index in [1.165, 1.54) is 25.7 Å². The van der Waals surface area contributed by atoms with Gasteiger partial charge in [0.25, 0.3) is 0 Å². The van der Waals surface area contributed by atoms with E-state index in [0.717, 1.165) is 6.42 Å². The van der Waals surface area contributed by atoms with Gasteiger partial charge in [-0.25, -0.2) is 0 Å². The standard InChI is InChI=1S/C13H23NO2/c1-3-4-11-9(8-13(15)16)7-10-5-6-12(11)14(10)2/h9-12H,3-8H2,1-2H3,(H,15,16). The third kappa shape index (κ3) is 2.10. The van der Waals surface area contributed by atoms with Crippen LogP contribution in [-0.2, 0) is 4.79 Å². The Kier molecular flexibility index (Phi) is 3.53. The molecule has 2 heterocycles. The highest BCUT2D eigenvalue weighted by atomic mass is 16.4. The van der Waals surface area contributed by atoms with Crippen LogP contribution < -0.4 is 0 Å². The van der Waals surface area contributed by atoms with E-state index in [4.69, 9.17) is 5.11 Å². The summed E-state index contributed by atoms with van der Waals surface area (Å²) in [6.45, 7) is 2.21. The summed E-state index contributed by atoms with van der Waals surface area (Å²) >= 11 is 0. The van der Waals surface area contributed by atoms with Gasteiger partial charge in [0, 0.05) is 18.5 Å². The van der Waals surface area contributed by atoms with Crippen molar-refractivity contribution in [1.82, 2.24) is 4.90 Å². The van der Waals surface area contributed by atoms with Crippen molar-refractivity contribution in [2.75, 3.05) is 7.05 Å². The number of fused-ring (bicyclic) bond motifs is 2. The highest BCUT2D eigenvalue weighted by Crippen LogP contribution is 2.44. The molecule has 0 radical (unpaired) electrons. The minimum atomic E-state index is -0.616. The first-order chi connectivity index (χ1) is 7.63. The molecule has 0 aliphatic carbocycles. The average Bonchev–Trinajstić information content (AvgIpc) is 2.46. The highest BCUT2D eigenvalue weighted by molar-refractivity contribution is 5.67. The number of hydrogen-bond acceptors (Lipinski definition) is 2. The molecule has 4 unspecified atom stereocenters. The second kappa shape index (κ2) is 4.74. The number of nitrogens with zero attached hydrogens (tertiary/aromatic N) is 1. The fourth-order valence-electron chi connectivity index (χ4n) is 3.90. The number of hydrogen-bond donors (Lipinski definition) is 1. The second-order valence-corrected chi connectivity index (χ2v) is 5.51. The predicted molar refractivity (Wildman–Crippen MR) is 63.3 cm³/mol. The van der Waals surface area contributed by atoms with E-state index in [-0.39, 0.29) is 0 Å². The Morgan fingerprint density at radius 1 is 1.44 bits per heavy atom. The molecule has 1 N–H and O–H groups in total. The molecular weight excluding hydrogens is 202 g/mol. The summed E-state index contributed by atoms with van der Waals surface area (Å²) in [7, 11) is 2.22. The van der Waals surface area contributed by atoms with E-state index < -0.39 is 5.97 Å². The lowest BCUT2D eigenvalue weighted by Crippen LogP contribution is -2.47. The van der Waals surface area contributed by atoms with E-state index in [1.807, 2.05) is 0 Å². The summed E-state index contributed by atoms with van der Waals surface area (Å²) < 4.78 is 0. The predicted octanol–water partition coefficient (Wildman–Crippen LogP) is 2.36. The Hall–Kier alpha value is -0.570. The molecule has 2 rings (SSSR count). The molecule has 2 aliphatic rings. The third-order valence-corrected chi connectivity index (χ3v) is 4.63. The number of carboxylic acids is 1. The minimum absolute atomic E-state index is 0.380. The van der Waals surface area contributed by atoms with E-state index in [1.54, 1.807) is 0 Å². The van der Waals surface area contributed by atoms with Crippen molar-refractivity contribution >= 4 is 5.97 Å². The monoisotopic (exact) mass is 225 g/mol. The molecule has 0 aromatic heterocycles. The largest absolute Gasteiger partial charge is 0.481 e. The normalized spacial score (nSPS) is 38.9. The van der Waals surface area contributed by atoms with Crippen LogP contribution >= 0.6 is 0 Å². The van der Waals surface area contributed by atoms with Crippen LogP contribution in [0.3, 0.4) is 0 Å². The summed E-state index contributed by atoms with van der Waals surface area (Å²) in [5.74, 6) is 0.422. The van der Waals surface area contributed by atoms with E-state index in [2.05, 4.69) is 18.9 Å². The third-order valence-electron chi connectivity index (χ3n) is 4.63. The van der Waals surface area contributed by atoms with Crippen molar-refractivity contribution in [2.24, 2.45) is 11.8 Å². The summed E-state index contributed by atoms with van der Waals surface area (Å²) in [6.07, 6.45) is 6.41. The summed E-state index contributed by atoms with van der Waals surface area (Å²) in [4.78, 5) is 13.4. The van der Waals surface area contributed by atoms with Gasteiger partial charge in [-0.15, -0.1) is 0 Å². The fraction of sp³-hybridized carbons (Fsp3) is 0.923. The smallest absolute Gasteiger partial charge is 0.303 e. The Bertz CT molecular complexity index is 267. The van der Waals surface area contributed by atoms with Crippen LogP contribution in [0.25, 0.3) is 0 Å². The average molecular weight is 225 g/mol. The van der Waals surface area contributed by atoms with Crippen LogP contribution in [0.1, 0.15) is 45.4 Å². The Morgan fingerprint density at radius 3 is 2.81 bits per heavy atom. The number of aliphatic carboxylic acids is 1. The molecule has 92 valence electrons. The van der Waals surface area contributed by atoms with Crippen molar-refractivity contribution in [3.8, 4) is 0 Å². The molecule has 0 saturated carbocycles. The molecule has 16 heavy (non-hydrogen) atoms. The molecule has 2 bridgehead atoms. The molecule has 3 heteroatoms. The fourth-order valence-corrected chi connectivity index (χ4v) is 3.90. The quantitative estimate of drug-likeness (QED) is 0.798. The minimum Gasteiger partial charge on any atom is -0.481 e. The number of piperidine rings is 1. The van der Waals surface area contributed by atoms with Gasteiger partial charge < -0.3 is 10.0 Å². The summed E-state index contributed by atoms with van der Waals surface area (Å²) in [5, 5.41) is 9.00. The first-order valence-corrected chi connectivity index (χ1v) is 6.57. The van der Waals surface area contributed by atoms with Gasteiger partial charge in [-0.05, 0) is 44.6 Å². The van der Waals surface area contributed by atoms with E-state index in [0.29, 0.717) is 30.3 Å². The molecule has 2 aliphatic heterocycles. The Morgan fingerprint density at radius 2 is 2.19 bits per heavy atom. The van der Waals surface area contributed by atoms with Gasteiger partial charge in [-0.2, -0.15) is 0 Å². The Balaban J connectivity index is 2.09. The van der Waals surface area contributed by atoms with Crippen LogP contribution in [0, 0.1) is 11.8 Å². The van der Waals surface area contributed by atoms with Crippen LogP contribution in [0.2, 0.25) is 0 Å². The van der Waals surface area contributed by atoms with Crippen molar-refractivity contribution in [3.05, 3.63) is 0 Å². The lowest BCUT2D eigenvalue weighted by atomic mass is 9.76. The zero-order valence-electron chi connectivity index (χ0n) is 10.4. The van der Waals surface area contributed by atoms with Gasteiger partial charge >= 0.3 is 5.97 Å². The van der Waals surface area contributed by atoms with Crippen LogP contribution in [0.5, 0.6) is 0 Å². The number of carboxylic acid groups (broad SMARTS) is 1. The molecule has 0 amide bonds. The van der Waals surface area contributed by atoms with Gasteiger partial charge in [0.15, 0.2) is 0 Å². The molecule has 0 aromatic carbocycles. The van der Waals surface area contributed by atoms with E-state index in [9.17, 15) is 4.79 Å². The van der Waals surface area contributed by atoms with Crippen molar-refractivity contribution < 1.29 is 9.90 Å². The molecule has 4 atom stereocenters. The maximum absolute atomic E-state index is 10.9. The van der Waals surface area contributed by atoms with Crippen molar-refractivity contribution in [3.63, 3.8) is 0 Å². The lowest BCUT2D eigenvalue weighted by molar-refractivity contribution is -0.139. The topological polar surface area (TPSA) is 40.5 Å². The number of carbonyl (C=O) groups is 1. The zero-order chi connectivity index (χ0) is 11.7. The van der Waals surface area contributed by atoms with Crippen LogP contribution in [0.15, 0.2) is 0 Å². The molecule has 3 nitrogen and oxygen atoms in total. The maximum atomic E-state index is 10.9. The van der Waals surface area contributed by atoms with Gasteiger partial charge in [-0.3, -0.25) is 4.79 Å². The zero-order valence-corrected chi connectivity index (χ0v) is 10.4. The molecule has 2 saturated heterocycles. The maximum Gasteiger partial charge on any atom is 0.303 e. The van der Waals surface area contributed by atoms with E-state index >= 15 is 0 Å². The molecule has 0 aromatic rings. The summed E-state index contributed by atoms with van der Waals surface area (Å²) in [5.41, 5.74) is 0. The summed E-state index contributed by atoms with van der Waals surface area (Å²) in [6, 6.07) is 1.31. The van der Waals surface area contributed by atoms with Crippen molar-refractivity contribution in [2.45, 2.75) is 57.5 Å². The Labute approximate surface area is 97.8 Å². The van der Waals surface area contributed by atoms with Gasteiger partial charge in [0.05, 0.1) is 0 Å². The number of rotatable bonds is 4. The SMILES string of the molecule is CCCC1C(CC(=O)O)CC2CCC1N2C. The highest BCUT2D eigenvalue weighted by Gasteiger charge is 2.45. The molecule has 2 fully saturated rings. The van der Waals surface area contributed by atoms with Gasteiger partial charge in [0.2, 0.25) is 0 Å². The lowest BCUT2D eigenvalue weighted by Gasteiger charge is -2.42. The molecular formula is C13H23NO2.